The van der Waals surface area contributed by atoms with Gasteiger partial charge < -0.3 is 15.2 Å². The van der Waals surface area contributed by atoms with Crippen LogP contribution in [0.15, 0.2) is 36.4 Å². The summed E-state index contributed by atoms with van der Waals surface area (Å²) in [5.41, 5.74) is 0.284. The van der Waals surface area contributed by atoms with Crippen molar-refractivity contribution in [2.75, 3.05) is 13.2 Å². The minimum absolute atomic E-state index is 0.00944. The highest BCUT2D eigenvalue weighted by Crippen LogP contribution is 2.24. The number of benzene rings is 2. The van der Waals surface area contributed by atoms with E-state index in [-0.39, 0.29) is 23.3 Å². The number of phenolic OH excluding ortho intramolecular Hbond substituents is 1. The van der Waals surface area contributed by atoms with Crippen molar-refractivity contribution in [3.63, 3.8) is 0 Å². The number of phenols is 1. The molecule has 0 aromatic heterocycles. The molecule has 4 heteroatoms. The molecule has 0 aliphatic heterocycles. The zero-order valence-corrected chi connectivity index (χ0v) is 11.7. The van der Waals surface area contributed by atoms with E-state index in [4.69, 9.17) is 4.74 Å². The van der Waals surface area contributed by atoms with E-state index >= 15 is 0 Å². The van der Waals surface area contributed by atoms with Gasteiger partial charge in [0.1, 0.15) is 5.75 Å². The molecule has 0 aliphatic carbocycles. The van der Waals surface area contributed by atoms with Gasteiger partial charge in [0.15, 0.2) is 0 Å². The fraction of sp³-hybridized carbons (Fsp3) is 0.312. The van der Waals surface area contributed by atoms with Crippen molar-refractivity contribution >= 4 is 16.7 Å². The van der Waals surface area contributed by atoms with Gasteiger partial charge in [-0.3, -0.25) is 4.79 Å². The smallest absolute Gasteiger partial charge is 0.255 e. The van der Waals surface area contributed by atoms with E-state index in [1.165, 1.54) is 0 Å². The third kappa shape index (κ3) is 3.27. The molecule has 2 N–H and O–H groups in total. The SMILES string of the molecule is CCOCC(C)NC(=O)c1cc2ccccc2cc1O. The normalized spacial score (nSPS) is 12.3. The Bertz CT molecular complexity index is 610. The van der Waals surface area contributed by atoms with Gasteiger partial charge in [0.25, 0.3) is 5.91 Å². The number of aromatic hydroxyl groups is 1. The fourth-order valence-corrected chi connectivity index (χ4v) is 2.05. The lowest BCUT2D eigenvalue weighted by Crippen LogP contribution is -2.35. The summed E-state index contributed by atoms with van der Waals surface area (Å²) in [5, 5.41) is 14.6. The predicted octanol–water partition coefficient (Wildman–Crippen LogP) is 2.70. The van der Waals surface area contributed by atoms with Gasteiger partial charge in [-0.05, 0) is 36.8 Å². The topological polar surface area (TPSA) is 58.6 Å². The van der Waals surface area contributed by atoms with Gasteiger partial charge in [-0.15, -0.1) is 0 Å². The van der Waals surface area contributed by atoms with Gasteiger partial charge >= 0.3 is 0 Å². The Labute approximate surface area is 118 Å². The number of amides is 1. The average Bonchev–Trinajstić information content (AvgIpc) is 2.44. The van der Waals surface area contributed by atoms with E-state index in [0.717, 1.165) is 10.8 Å². The van der Waals surface area contributed by atoms with E-state index in [1.54, 1.807) is 12.1 Å². The molecular weight excluding hydrogens is 254 g/mol. The number of hydrogen-bond acceptors (Lipinski definition) is 3. The van der Waals surface area contributed by atoms with Gasteiger partial charge in [-0.1, -0.05) is 24.3 Å². The summed E-state index contributed by atoms with van der Waals surface area (Å²) >= 11 is 0. The highest BCUT2D eigenvalue weighted by Gasteiger charge is 2.14. The second-order valence-corrected chi connectivity index (χ2v) is 4.75. The predicted molar refractivity (Wildman–Crippen MR) is 79.0 cm³/mol. The number of nitrogens with one attached hydrogen (secondary N) is 1. The molecule has 1 amide bonds. The molecule has 2 aromatic rings. The Hall–Kier alpha value is -2.07. The number of fused-ring (bicyclic) bond motifs is 1. The van der Waals surface area contributed by atoms with Crippen molar-refractivity contribution in [1.82, 2.24) is 5.32 Å². The molecule has 0 bridgehead atoms. The van der Waals surface area contributed by atoms with Crippen LogP contribution in [0.25, 0.3) is 10.8 Å². The molecule has 0 heterocycles. The Morgan fingerprint density at radius 3 is 2.60 bits per heavy atom. The molecule has 0 fully saturated rings. The van der Waals surface area contributed by atoms with Crippen LogP contribution >= 0.6 is 0 Å². The van der Waals surface area contributed by atoms with Crippen LogP contribution in [-0.2, 0) is 4.74 Å². The molecule has 1 unspecified atom stereocenters. The zero-order chi connectivity index (χ0) is 14.5. The Balaban J connectivity index is 2.19. The Morgan fingerprint density at radius 2 is 1.95 bits per heavy atom. The van der Waals surface area contributed by atoms with E-state index < -0.39 is 0 Å². The lowest BCUT2D eigenvalue weighted by molar-refractivity contribution is 0.0869. The molecule has 0 saturated carbocycles. The van der Waals surface area contributed by atoms with Crippen molar-refractivity contribution in [2.45, 2.75) is 19.9 Å². The number of ether oxygens (including phenoxy) is 1. The number of rotatable bonds is 5. The molecule has 0 radical (unpaired) electrons. The lowest BCUT2D eigenvalue weighted by Gasteiger charge is -2.14. The molecular formula is C16H19NO3. The molecule has 106 valence electrons. The standard InChI is InChI=1S/C16H19NO3/c1-3-20-10-11(2)17-16(19)14-8-12-6-4-5-7-13(12)9-15(14)18/h4-9,11,18H,3,10H2,1-2H3,(H,17,19). The summed E-state index contributed by atoms with van der Waals surface area (Å²) in [5.74, 6) is -0.301. The van der Waals surface area contributed by atoms with Crippen molar-refractivity contribution in [3.8, 4) is 5.75 Å². The number of hydrogen-bond donors (Lipinski definition) is 2. The van der Waals surface area contributed by atoms with Crippen LogP contribution in [0, 0.1) is 0 Å². The van der Waals surface area contributed by atoms with Crippen LogP contribution in [0.3, 0.4) is 0 Å². The van der Waals surface area contributed by atoms with Crippen LogP contribution in [0.4, 0.5) is 0 Å². The first-order chi connectivity index (χ1) is 9.61. The van der Waals surface area contributed by atoms with Crippen molar-refractivity contribution in [2.24, 2.45) is 0 Å². The van der Waals surface area contributed by atoms with Crippen LogP contribution in [-0.4, -0.2) is 30.3 Å². The van der Waals surface area contributed by atoms with Gasteiger partial charge in [-0.2, -0.15) is 0 Å². The minimum atomic E-state index is -0.291. The number of carbonyl (C=O) groups is 1. The number of carbonyl (C=O) groups excluding carboxylic acids is 1. The molecule has 0 saturated heterocycles. The summed E-state index contributed by atoms with van der Waals surface area (Å²) < 4.78 is 5.26. The zero-order valence-electron chi connectivity index (χ0n) is 11.7. The molecule has 20 heavy (non-hydrogen) atoms. The molecule has 2 aromatic carbocycles. The second kappa shape index (κ2) is 6.39. The van der Waals surface area contributed by atoms with Gasteiger partial charge in [-0.25, -0.2) is 0 Å². The summed E-state index contributed by atoms with van der Waals surface area (Å²) in [6.07, 6.45) is 0. The third-order valence-electron chi connectivity index (χ3n) is 3.06. The first-order valence-corrected chi connectivity index (χ1v) is 6.72. The van der Waals surface area contributed by atoms with Crippen LogP contribution in [0.5, 0.6) is 5.75 Å². The lowest BCUT2D eigenvalue weighted by atomic mass is 10.1. The molecule has 4 nitrogen and oxygen atoms in total. The second-order valence-electron chi connectivity index (χ2n) is 4.75. The quantitative estimate of drug-likeness (QED) is 0.880. The summed E-state index contributed by atoms with van der Waals surface area (Å²) in [6.45, 7) is 4.84. The summed E-state index contributed by atoms with van der Waals surface area (Å²) in [7, 11) is 0. The molecule has 1 atom stereocenters. The minimum Gasteiger partial charge on any atom is -0.507 e. The summed E-state index contributed by atoms with van der Waals surface area (Å²) in [4.78, 5) is 12.2. The summed E-state index contributed by atoms with van der Waals surface area (Å²) in [6, 6.07) is 10.8. The third-order valence-corrected chi connectivity index (χ3v) is 3.06. The van der Waals surface area contributed by atoms with Crippen LogP contribution in [0.2, 0.25) is 0 Å². The first kappa shape index (κ1) is 14.3. The van der Waals surface area contributed by atoms with Gasteiger partial charge in [0.2, 0.25) is 0 Å². The first-order valence-electron chi connectivity index (χ1n) is 6.72. The van der Waals surface area contributed by atoms with Crippen molar-refractivity contribution < 1.29 is 14.6 Å². The molecule has 0 aliphatic rings. The Kier molecular flexibility index (Phi) is 4.58. The highest BCUT2D eigenvalue weighted by molar-refractivity contribution is 6.01. The van der Waals surface area contributed by atoms with Gasteiger partial charge in [0, 0.05) is 12.6 Å². The maximum atomic E-state index is 12.2. The highest BCUT2D eigenvalue weighted by atomic mass is 16.5. The van der Waals surface area contributed by atoms with Crippen molar-refractivity contribution in [3.05, 3.63) is 42.0 Å². The Morgan fingerprint density at radius 1 is 1.30 bits per heavy atom. The van der Waals surface area contributed by atoms with E-state index in [2.05, 4.69) is 5.32 Å². The van der Waals surface area contributed by atoms with Gasteiger partial charge in [0.05, 0.1) is 12.2 Å². The van der Waals surface area contributed by atoms with Crippen LogP contribution < -0.4 is 5.32 Å². The van der Waals surface area contributed by atoms with E-state index in [1.807, 2.05) is 38.1 Å². The maximum absolute atomic E-state index is 12.2. The largest absolute Gasteiger partial charge is 0.507 e. The average molecular weight is 273 g/mol. The van der Waals surface area contributed by atoms with E-state index in [9.17, 15) is 9.90 Å². The van der Waals surface area contributed by atoms with Crippen molar-refractivity contribution in [1.29, 1.82) is 0 Å². The maximum Gasteiger partial charge on any atom is 0.255 e. The van der Waals surface area contributed by atoms with Crippen LogP contribution in [0.1, 0.15) is 24.2 Å². The van der Waals surface area contributed by atoms with E-state index in [0.29, 0.717) is 13.2 Å². The molecule has 2 rings (SSSR count). The monoisotopic (exact) mass is 273 g/mol. The molecule has 0 spiro atoms. The fourth-order valence-electron chi connectivity index (χ4n) is 2.05.